The predicted molar refractivity (Wildman–Crippen MR) is 81.0 cm³/mol. The molecule has 0 saturated heterocycles. The highest BCUT2D eigenvalue weighted by Gasteiger charge is 2.10. The van der Waals surface area contributed by atoms with Gasteiger partial charge in [0.05, 0.1) is 8.49 Å². The summed E-state index contributed by atoms with van der Waals surface area (Å²) in [5.41, 5.74) is 6.89. The molecule has 0 fully saturated rings. The van der Waals surface area contributed by atoms with Crippen LogP contribution in [0.1, 0.15) is 5.56 Å². The number of rotatable bonds is 4. The van der Waals surface area contributed by atoms with Crippen LogP contribution in [0, 0.1) is 13.7 Å². The maximum atomic E-state index is 10.7. The molecule has 0 aromatic heterocycles. The highest BCUT2D eigenvalue weighted by molar-refractivity contribution is 14.1. The standard InChI is InChI=1S/C13H11IN2O3/c14-11-3-1-2-4-13(11)19-8-9-7-10(16(17)18)5-6-12(9)15/h1-7H,8,15H2. The Labute approximate surface area is 123 Å². The van der Waals surface area contributed by atoms with Gasteiger partial charge >= 0.3 is 0 Å². The van der Waals surface area contributed by atoms with Gasteiger partial charge < -0.3 is 10.5 Å². The summed E-state index contributed by atoms with van der Waals surface area (Å²) in [6.45, 7) is 0.202. The molecule has 6 heteroatoms. The van der Waals surface area contributed by atoms with Crippen LogP contribution >= 0.6 is 22.6 Å². The summed E-state index contributed by atoms with van der Waals surface area (Å²) in [6, 6.07) is 11.9. The molecule has 2 rings (SSSR count). The molecule has 0 aliphatic carbocycles. The second-order valence-electron chi connectivity index (χ2n) is 3.86. The first-order chi connectivity index (χ1) is 9.08. The minimum atomic E-state index is -0.449. The molecule has 0 saturated carbocycles. The summed E-state index contributed by atoms with van der Waals surface area (Å²) in [7, 11) is 0. The Hall–Kier alpha value is -1.83. The van der Waals surface area contributed by atoms with Crippen LogP contribution < -0.4 is 10.5 Å². The molecular formula is C13H11IN2O3. The van der Waals surface area contributed by atoms with Crippen LogP contribution in [0.4, 0.5) is 11.4 Å². The third kappa shape index (κ3) is 3.34. The number of hydrogen-bond acceptors (Lipinski definition) is 4. The Morgan fingerprint density at radius 3 is 2.68 bits per heavy atom. The zero-order valence-electron chi connectivity index (χ0n) is 9.88. The lowest BCUT2D eigenvalue weighted by Crippen LogP contribution is -2.02. The van der Waals surface area contributed by atoms with Crippen LogP contribution in [0.3, 0.4) is 0 Å². The van der Waals surface area contributed by atoms with Crippen LogP contribution in [0.15, 0.2) is 42.5 Å². The Kier molecular flexibility index (Phi) is 4.20. The van der Waals surface area contributed by atoms with Gasteiger partial charge in [0, 0.05) is 23.4 Å². The molecule has 0 aliphatic heterocycles. The maximum Gasteiger partial charge on any atom is 0.269 e. The van der Waals surface area contributed by atoms with Crippen LogP contribution in [0.5, 0.6) is 5.75 Å². The third-order valence-corrected chi connectivity index (χ3v) is 3.45. The summed E-state index contributed by atoms with van der Waals surface area (Å²) in [5.74, 6) is 0.731. The zero-order chi connectivity index (χ0) is 13.8. The number of non-ortho nitro benzene ring substituents is 1. The van der Waals surface area contributed by atoms with Gasteiger partial charge in [-0.15, -0.1) is 0 Å². The number of para-hydroxylation sites is 1. The van der Waals surface area contributed by atoms with E-state index in [1.54, 1.807) is 0 Å². The fraction of sp³-hybridized carbons (Fsp3) is 0.0769. The molecule has 98 valence electrons. The molecule has 0 atom stereocenters. The van der Waals surface area contributed by atoms with Gasteiger partial charge in [-0.1, -0.05) is 12.1 Å². The first kappa shape index (κ1) is 13.6. The van der Waals surface area contributed by atoms with Crippen molar-refractivity contribution < 1.29 is 9.66 Å². The van der Waals surface area contributed by atoms with Gasteiger partial charge in [0.25, 0.3) is 5.69 Å². The van der Waals surface area contributed by atoms with Crippen molar-refractivity contribution in [1.29, 1.82) is 0 Å². The fourth-order valence-electron chi connectivity index (χ4n) is 1.55. The minimum absolute atomic E-state index is 0.00978. The van der Waals surface area contributed by atoms with Crippen molar-refractivity contribution >= 4 is 34.0 Å². The third-order valence-electron chi connectivity index (χ3n) is 2.56. The van der Waals surface area contributed by atoms with Crippen LogP contribution in [0.2, 0.25) is 0 Å². The highest BCUT2D eigenvalue weighted by atomic mass is 127. The normalized spacial score (nSPS) is 10.2. The SMILES string of the molecule is Nc1ccc([N+](=O)[O-])cc1COc1ccccc1I. The van der Waals surface area contributed by atoms with Crippen LogP contribution in [-0.2, 0) is 6.61 Å². The molecule has 0 amide bonds. The quantitative estimate of drug-likeness (QED) is 0.388. The van der Waals surface area contributed by atoms with E-state index in [1.807, 2.05) is 24.3 Å². The molecule has 0 unspecified atom stereocenters. The number of nitrogens with two attached hydrogens (primary N) is 1. The largest absolute Gasteiger partial charge is 0.488 e. The Morgan fingerprint density at radius 2 is 2.00 bits per heavy atom. The van der Waals surface area contributed by atoms with Gasteiger partial charge in [0.1, 0.15) is 12.4 Å². The van der Waals surface area contributed by atoms with E-state index in [4.69, 9.17) is 10.5 Å². The zero-order valence-corrected chi connectivity index (χ0v) is 12.0. The van der Waals surface area contributed by atoms with Gasteiger partial charge in [0.15, 0.2) is 0 Å². The van der Waals surface area contributed by atoms with E-state index in [1.165, 1.54) is 18.2 Å². The summed E-state index contributed by atoms with van der Waals surface area (Å²) >= 11 is 2.16. The molecular weight excluding hydrogens is 359 g/mol. The molecule has 2 N–H and O–H groups in total. The van der Waals surface area contributed by atoms with E-state index >= 15 is 0 Å². The summed E-state index contributed by atoms with van der Waals surface area (Å²) < 4.78 is 6.60. The number of benzene rings is 2. The number of nitro benzene ring substituents is 1. The Balaban J connectivity index is 2.17. The highest BCUT2D eigenvalue weighted by Crippen LogP contribution is 2.24. The number of halogens is 1. The molecule has 2 aromatic rings. The monoisotopic (exact) mass is 370 g/mol. The molecule has 0 spiro atoms. The topological polar surface area (TPSA) is 78.4 Å². The second kappa shape index (κ2) is 5.87. The van der Waals surface area contributed by atoms with E-state index in [0.717, 1.165) is 9.32 Å². The molecule has 0 aliphatic rings. The Morgan fingerprint density at radius 1 is 1.26 bits per heavy atom. The number of anilines is 1. The van der Waals surface area contributed by atoms with Crippen molar-refractivity contribution in [2.45, 2.75) is 6.61 Å². The van der Waals surface area contributed by atoms with E-state index < -0.39 is 4.92 Å². The van der Waals surface area contributed by atoms with E-state index in [-0.39, 0.29) is 12.3 Å². The van der Waals surface area contributed by atoms with E-state index in [2.05, 4.69) is 22.6 Å². The minimum Gasteiger partial charge on any atom is -0.488 e. The lowest BCUT2D eigenvalue weighted by molar-refractivity contribution is -0.384. The van der Waals surface area contributed by atoms with Crippen molar-refractivity contribution in [2.24, 2.45) is 0 Å². The van der Waals surface area contributed by atoms with Gasteiger partial charge in [-0.05, 0) is 40.8 Å². The first-order valence-corrected chi connectivity index (χ1v) is 6.56. The van der Waals surface area contributed by atoms with Crippen LogP contribution in [-0.4, -0.2) is 4.92 Å². The lowest BCUT2D eigenvalue weighted by Gasteiger charge is -2.09. The first-order valence-electron chi connectivity index (χ1n) is 5.48. The summed E-state index contributed by atoms with van der Waals surface area (Å²) in [4.78, 5) is 10.3. The summed E-state index contributed by atoms with van der Waals surface area (Å²) in [5, 5.41) is 10.7. The summed E-state index contributed by atoms with van der Waals surface area (Å²) in [6.07, 6.45) is 0. The van der Waals surface area contributed by atoms with Crippen molar-refractivity contribution in [3.8, 4) is 5.75 Å². The number of ether oxygens (including phenoxy) is 1. The van der Waals surface area contributed by atoms with Gasteiger partial charge in [-0.3, -0.25) is 10.1 Å². The number of nitrogen functional groups attached to an aromatic ring is 1. The van der Waals surface area contributed by atoms with Crippen molar-refractivity contribution in [3.63, 3.8) is 0 Å². The predicted octanol–water partition coefficient (Wildman–Crippen LogP) is 3.36. The van der Waals surface area contributed by atoms with Crippen molar-refractivity contribution in [2.75, 3.05) is 5.73 Å². The van der Waals surface area contributed by atoms with Gasteiger partial charge in [-0.2, -0.15) is 0 Å². The molecule has 2 aromatic carbocycles. The maximum absolute atomic E-state index is 10.7. The smallest absolute Gasteiger partial charge is 0.269 e. The Bertz CT molecular complexity index is 617. The molecule has 0 radical (unpaired) electrons. The molecule has 0 heterocycles. The van der Waals surface area contributed by atoms with Crippen LogP contribution in [0.25, 0.3) is 0 Å². The fourth-order valence-corrected chi connectivity index (χ4v) is 2.09. The van der Waals surface area contributed by atoms with E-state index in [9.17, 15) is 10.1 Å². The molecule has 5 nitrogen and oxygen atoms in total. The average Bonchev–Trinajstić information content (AvgIpc) is 2.39. The molecule has 19 heavy (non-hydrogen) atoms. The van der Waals surface area contributed by atoms with Crippen molar-refractivity contribution in [1.82, 2.24) is 0 Å². The molecule has 0 bridgehead atoms. The van der Waals surface area contributed by atoms with Crippen molar-refractivity contribution in [3.05, 3.63) is 61.7 Å². The van der Waals surface area contributed by atoms with Gasteiger partial charge in [0.2, 0.25) is 0 Å². The number of nitro groups is 1. The van der Waals surface area contributed by atoms with Gasteiger partial charge in [-0.25, -0.2) is 0 Å². The number of hydrogen-bond donors (Lipinski definition) is 1. The second-order valence-corrected chi connectivity index (χ2v) is 5.02. The van der Waals surface area contributed by atoms with E-state index in [0.29, 0.717) is 11.3 Å². The average molecular weight is 370 g/mol. The lowest BCUT2D eigenvalue weighted by atomic mass is 10.1. The number of nitrogens with zero attached hydrogens (tertiary/aromatic N) is 1.